The van der Waals surface area contributed by atoms with Crippen molar-refractivity contribution in [2.24, 2.45) is 0 Å². The number of hydrogen-bond acceptors (Lipinski definition) is 2. The molecule has 0 fully saturated rings. The molecule has 1 amide bonds. The number of ether oxygens (including phenoxy) is 1. The Morgan fingerprint density at radius 1 is 1.18 bits per heavy atom. The number of rotatable bonds is 5. The first-order valence-electron chi connectivity index (χ1n) is 6.60. The van der Waals surface area contributed by atoms with Gasteiger partial charge in [-0.2, -0.15) is 0 Å². The van der Waals surface area contributed by atoms with Crippen molar-refractivity contribution in [2.75, 3.05) is 12.4 Å². The first kappa shape index (κ1) is 15.7. The molecule has 0 spiro atoms. The minimum absolute atomic E-state index is 0.126. The van der Waals surface area contributed by atoms with Gasteiger partial charge < -0.3 is 10.1 Å². The van der Waals surface area contributed by atoms with Crippen LogP contribution in [-0.4, -0.2) is 13.0 Å². The molecule has 114 valence electrons. The van der Waals surface area contributed by atoms with Crippen LogP contribution in [0.15, 0.2) is 54.6 Å². The Hall–Kier alpha value is -2.69. The second-order valence-electron chi connectivity index (χ2n) is 4.49. The summed E-state index contributed by atoms with van der Waals surface area (Å²) in [5.74, 6) is -0.207. The molecule has 3 nitrogen and oxygen atoms in total. The number of hydrogen-bond donors (Lipinski definition) is 1. The van der Waals surface area contributed by atoms with Gasteiger partial charge in [0.2, 0.25) is 5.91 Å². The molecule has 1 N–H and O–H groups in total. The fourth-order valence-electron chi connectivity index (χ4n) is 1.90. The van der Waals surface area contributed by atoms with E-state index < -0.39 is 6.43 Å². The molecule has 0 saturated heterocycles. The monoisotopic (exact) mass is 303 g/mol. The molecule has 0 aliphatic heterocycles. The predicted molar refractivity (Wildman–Crippen MR) is 82.1 cm³/mol. The maximum atomic E-state index is 12.9. The van der Waals surface area contributed by atoms with E-state index in [-0.39, 0.29) is 17.2 Å². The fourth-order valence-corrected chi connectivity index (χ4v) is 1.90. The van der Waals surface area contributed by atoms with Gasteiger partial charge in [-0.15, -0.1) is 0 Å². The van der Waals surface area contributed by atoms with Crippen molar-refractivity contribution in [1.82, 2.24) is 0 Å². The van der Waals surface area contributed by atoms with Crippen LogP contribution in [0.5, 0.6) is 5.75 Å². The van der Waals surface area contributed by atoms with Crippen molar-refractivity contribution >= 4 is 17.7 Å². The average Bonchev–Trinajstić information content (AvgIpc) is 2.53. The first-order valence-corrected chi connectivity index (χ1v) is 6.60. The van der Waals surface area contributed by atoms with Gasteiger partial charge in [0.25, 0.3) is 6.43 Å². The number of benzene rings is 2. The third-order valence-electron chi connectivity index (χ3n) is 2.96. The lowest BCUT2D eigenvalue weighted by Crippen LogP contribution is -2.07. The highest BCUT2D eigenvalue weighted by molar-refractivity contribution is 6.01. The van der Waals surface area contributed by atoms with Gasteiger partial charge in [-0.05, 0) is 35.9 Å². The van der Waals surface area contributed by atoms with E-state index in [2.05, 4.69) is 5.32 Å². The van der Waals surface area contributed by atoms with Crippen molar-refractivity contribution in [3.63, 3.8) is 0 Å². The lowest BCUT2D eigenvalue weighted by atomic mass is 10.1. The summed E-state index contributed by atoms with van der Waals surface area (Å²) in [6.45, 7) is 0. The molecular formula is C17H15F2NO2. The molecule has 5 heteroatoms. The number of para-hydroxylation sites is 1. The van der Waals surface area contributed by atoms with Gasteiger partial charge >= 0.3 is 0 Å². The Kier molecular flexibility index (Phi) is 5.25. The largest absolute Gasteiger partial charge is 0.496 e. The van der Waals surface area contributed by atoms with Crippen LogP contribution in [0.3, 0.4) is 0 Å². The fraction of sp³-hybridized carbons (Fsp3) is 0.118. The maximum Gasteiger partial charge on any atom is 0.267 e. The Balaban J connectivity index is 2.09. The van der Waals surface area contributed by atoms with Gasteiger partial charge in [-0.1, -0.05) is 24.3 Å². The zero-order chi connectivity index (χ0) is 15.9. The zero-order valence-electron chi connectivity index (χ0n) is 11.9. The van der Waals surface area contributed by atoms with Crippen LogP contribution in [0.25, 0.3) is 6.08 Å². The van der Waals surface area contributed by atoms with Crippen LogP contribution in [0.2, 0.25) is 0 Å². The van der Waals surface area contributed by atoms with Crippen LogP contribution in [0.1, 0.15) is 17.6 Å². The summed E-state index contributed by atoms with van der Waals surface area (Å²) in [5.41, 5.74) is 0.965. The summed E-state index contributed by atoms with van der Waals surface area (Å²) >= 11 is 0. The van der Waals surface area contributed by atoms with Crippen LogP contribution in [0, 0.1) is 0 Å². The van der Waals surface area contributed by atoms with Gasteiger partial charge in [-0.3, -0.25) is 4.79 Å². The summed E-state index contributed by atoms with van der Waals surface area (Å²) in [5, 5.41) is 2.67. The molecular weight excluding hydrogens is 288 g/mol. The molecule has 0 bridgehead atoms. The molecule has 0 radical (unpaired) electrons. The Morgan fingerprint density at radius 3 is 2.55 bits per heavy atom. The summed E-state index contributed by atoms with van der Waals surface area (Å²) < 4.78 is 30.7. The van der Waals surface area contributed by atoms with Crippen LogP contribution >= 0.6 is 0 Å². The van der Waals surface area contributed by atoms with Gasteiger partial charge in [0.15, 0.2) is 0 Å². The second kappa shape index (κ2) is 7.36. The second-order valence-corrected chi connectivity index (χ2v) is 4.49. The molecule has 0 heterocycles. The van der Waals surface area contributed by atoms with Gasteiger partial charge in [0.1, 0.15) is 5.75 Å². The molecule has 0 aliphatic carbocycles. The van der Waals surface area contributed by atoms with E-state index in [1.54, 1.807) is 30.3 Å². The third kappa shape index (κ3) is 4.15. The van der Waals surface area contributed by atoms with Crippen LogP contribution < -0.4 is 10.1 Å². The summed E-state index contributed by atoms with van der Waals surface area (Å²) in [6.07, 6.45) is 0.134. The molecule has 0 saturated carbocycles. The van der Waals surface area contributed by atoms with E-state index in [9.17, 15) is 13.6 Å². The number of anilines is 1. The minimum atomic E-state index is -2.64. The minimum Gasteiger partial charge on any atom is -0.496 e. The van der Waals surface area contributed by atoms with Crippen molar-refractivity contribution < 1.29 is 18.3 Å². The van der Waals surface area contributed by atoms with E-state index in [0.717, 1.165) is 0 Å². The smallest absolute Gasteiger partial charge is 0.267 e. The average molecular weight is 303 g/mol. The van der Waals surface area contributed by atoms with E-state index in [0.29, 0.717) is 11.3 Å². The summed E-state index contributed by atoms with van der Waals surface area (Å²) in [6, 6.07) is 13.3. The zero-order valence-corrected chi connectivity index (χ0v) is 11.9. The molecule has 2 aromatic carbocycles. The first-order chi connectivity index (χ1) is 10.6. The lowest BCUT2D eigenvalue weighted by Gasteiger charge is -2.08. The molecule has 0 aromatic heterocycles. The number of nitrogens with one attached hydrogen (secondary N) is 1. The van der Waals surface area contributed by atoms with Crippen LogP contribution in [-0.2, 0) is 4.79 Å². The van der Waals surface area contributed by atoms with E-state index in [1.807, 2.05) is 6.07 Å². The Bertz CT molecular complexity index is 670. The quantitative estimate of drug-likeness (QED) is 0.837. The predicted octanol–water partition coefficient (Wildman–Crippen LogP) is 4.28. The van der Waals surface area contributed by atoms with Gasteiger partial charge in [0.05, 0.1) is 12.7 Å². The standard InChI is InChI=1S/C17H15F2NO2/c1-22-15-9-7-12(11-14(15)17(18)19)8-10-16(21)20-13-5-3-2-4-6-13/h2-11,17H,1H3,(H,20,21)/b10-8+. The van der Waals surface area contributed by atoms with Gasteiger partial charge in [-0.25, -0.2) is 8.78 Å². The van der Waals surface area contributed by atoms with Crippen LogP contribution in [0.4, 0.5) is 14.5 Å². The molecule has 0 unspecified atom stereocenters. The number of amides is 1. The number of alkyl halides is 2. The van der Waals surface area contributed by atoms with Gasteiger partial charge in [0, 0.05) is 11.8 Å². The van der Waals surface area contributed by atoms with Crippen molar-refractivity contribution in [2.45, 2.75) is 6.43 Å². The van der Waals surface area contributed by atoms with Crippen molar-refractivity contribution in [3.8, 4) is 5.75 Å². The number of methoxy groups -OCH3 is 1. The Labute approximate surface area is 127 Å². The SMILES string of the molecule is COc1ccc(/C=C/C(=O)Nc2ccccc2)cc1C(F)F. The normalized spacial score (nSPS) is 10.9. The molecule has 2 rings (SSSR count). The third-order valence-corrected chi connectivity index (χ3v) is 2.96. The highest BCUT2D eigenvalue weighted by Gasteiger charge is 2.13. The van der Waals surface area contributed by atoms with Crippen molar-refractivity contribution in [3.05, 3.63) is 65.7 Å². The van der Waals surface area contributed by atoms with E-state index in [1.165, 1.54) is 31.4 Å². The lowest BCUT2D eigenvalue weighted by molar-refractivity contribution is -0.111. The molecule has 0 atom stereocenters. The van der Waals surface area contributed by atoms with Crippen molar-refractivity contribution in [1.29, 1.82) is 0 Å². The van der Waals surface area contributed by atoms with E-state index in [4.69, 9.17) is 4.74 Å². The summed E-state index contributed by atoms with van der Waals surface area (Å²) in [4.78, 5) is 11.8. The highest BCUT2D eigenvalue weighted by Crippen LogP contribution is 2.30. The molecule has 2 aromatic rings. The number of carbonyl (C=O) groups excluding carboxylic acids is 1. The number of carbonyl (C=O) groups is 1. The summed E-state index contributed by atoms with van der Waals surface area (Å²) in [7, 11) is 1.34. The number of halogens is 2. The highest BCUT2D eigenvalue weighted by atomic mass is 19.3. The topological polar surface area (TPSA) is 38.3 Å². The van der Waals surface area contributed by atoms with E-state index >= 15 is 0 Å². The maximum absolute atomic E-state index is 12.9. The molecule has 22 heavy (non-hydrogen) atoms. The molecule has 0 aliphatic rings. The Morgan fingerprint density at radius 2 is 1.91 bits per heavy atom.